The largest absolute Gasteiger partial charge is 0.369 e. The molecule has 0 bridgehead atoms. The third-order valence-electron chi connectivity index (χ3n) is 5.47. The standard InChI is InChI=1S/C24H24FN3O3S/c1-17-6-2-3-7-22(17)27-32(30,31)20-11-8-18(9-12-20)24(29)26-19-10-13-23(21(25)16-19)28-14-4-5-15-28/h2-3,6-13,16,27H,4-5,14-15H2,1H3,(H,26,29). The zero-order valence-electron chi connectivity index (χ0n) is 17.6. The number of para-hydroxylation sites is 1. The van der Waals surface area contributed by atoms with Crippen LogP contribution in [0.5, 0.6) is 0 Å². The molecule has 1 aliphatic heterocycles. The Morgan fingerprint density at radius 3 is 2.31 bits per heavy atom. The Kier molecular flexibility index (Phi) is 6.14. The lowest BCUT2D eigenvalue weighted by Gasteiger charge is -2.18. The summed E-state index contributed by atoms with van der Waals surface area (Å²) in [7, 11) is -3.79. The number of benzene rings is 3. The van der Waals surface area contributed by atoms with Crippen LogP contribution in [0.15, 0.2) is 71.6 Å². The molecule has 32 heavy (non-hydrogen) atoms. The van der Waals surface area contributed by atoms with Crippen LogP contribution in [0, 0.1) is 12.7 Å². The van der Waals surface area contributed by atoms with Crippen LogP contribution >= 0.6 is 0 Å². The van der Waals surface area contributed by atoms with E-state index in [1.807, 2.05) is 24.0 Å². The molecule has 2 N–H and O–H groups in total. The van der Waals surface area contributed by atoms with Gasteiger partial charge in [-0.25, -0.2) is 12.8 Å². The second-order valence-electron chi connectivity index (χ2n) is 7.76. The molecule has 4 rings (SSSR count). The number of hydrogen-bond donors (Lipinski definition) is 2. The fourth-order valence-electron chi connectivity index (χ4n) is 3.68. The first-order chi connectivity index (χ1) is 15.3. The van der Waals surface area contributed by atoms with Crippen LogP contribution in [0.25, 0.3) is 0 Å². The number of sulfonamides is 1. The van der Waals surface area contributed by atoms with E-state index in [-0.39, 0.29) is 16.3 Å². The van der Waals surface area contributed by atoms with Crippen molar-refractivity contribution < 1.29 is 17.6 Å². The third-order valence-corrected chi connectivity index (χ3v) is 6.85. The van der Waals surface area contributed by atoms with Crippen LogP contribution in [0.3, 0.4) is 0 Å². The summed E-state index contributed by atoms with van der Waals surface area (Å²) in [5.41, 5.74) is 2.44. The van der Waals surface area contributed by atoms with Gasteiger partial charge < -0.3 is 10.2 Å². The van der Waals surface area contributed by atoms with Gasteiger partial charge in [0.25, 0.3) is 15.9 Å². The molecule has 3 aromatic carbocycles. The van der Waals surface area contributed by atoms with Gasteiger partial charge in [0.1, 0.15) is 5.82 Å². The Hall–Kier alpha value is -3.39. The lowest BCUT2D eigenvalue weighted by molar-refractivity contribution is 0.102. The Morgan fingerprint density at radius 1 is 0.969 bits per heavy atom. The molecule has 1 saturated heterocycles. The van der Waals surface area contributed by atoms with E-state index in [2.05, 4.69) is 10.0 Å². The van der Waals surface area contributed by atoms with Crippen molar-refractivity contribution in [2.24, 2.45) is 0 Å². The van der Waals surface area contributed by atoms with Crippen LogP contribution in [0.4, 0.5) is 21.5 Å². The number of nitrogens with one attached hydrogen (secondary N) is 2. The van der Waals surface area contributed by atoms with Crippen molar-refractivity contribution in [1.82, 2.24) is 0 Å². The first-order valence-corrected chi connectivity index (χ1v) is 11.9. The molecule has 0 saturated carbocycles. The third kappa shape index (κ3) is 4.75. The summed E-state index contributed by atoms with van der Waals surface area (Å²) in [5, 5.41) is 2.66. The van der Waals surface area contributed by atoms with Gasteiger partial charge in [0.05, 0.1) is 16.3 Å². The average molecular weight is 454 g/mol. The smallest absolute Gasteiger partial charge is 0.261 e. The topological polar surface area (TPSA) is 78.5 Å². The summed E-state index contributed by atoms with van der Waals surface area (Å²) < 4.78 is 42.3. The van der Waals surface area contributed by atoms with Crippen molar-refractivity contribution in [2.75, 3.05) is 28.0 Å². The highest BCUT2D eigenvalue weighted by Gasteiger charge is 2.18. The first kappa shape index (κ1) is 21.8. The van der Waals surface area contributed by atoms with Crippen molar-refractivity contribution in [2.45, 2.75) is 24.7 Å². The molecular formula is C24H24FN3O3S. The van der Waals surface area contributed by atoms with Crippen molar-refractivity contribution in [3.05, 3.63) is 83.7 Å². The van der Waals surface area contributed by atoms with E-state index >= 15 is 0 Å². The number of anilines is 3. The molecule has 8 heteroatoms. The molecular weight excluding hydrogens is 429 g/mol. The van der Waals surface area contributed by atoms with Gasteiger partial charge >= 0.3 is 0 Å². The Bertz CT molecular complexity index is 1240. The van der Waals surface area contributed by atoms with Crippen LogP contribution in [0.2, 0.25) is 0 Å². The number of carbonyl (C=O) groups excluding carboxylic acids is 1. The minimum Gasteiger partial charge on any atom is -0.369 e. The van der Waals surface area contributed by atoms with Crippen LogP contribution in [-0.2, 0) is 10.0 Å². The molecule has 0 aromatic heterocycles. The van der Waals surface area contributed by atoms with Crippen molar-refractivity contribution >= 4 is 33.0 Å². The van der Waals surface area contributed by atoms with E-state index in [0.717, 1.165) is 31.5 Å². The molecule has 0 spiro atoms. The summed E-state index contributed by atoms with van der Waals surface area (Å²) in [6.45, 7) is 3.47. The minimum absolute atomic E-state index is 0.0401. The molecule has 0 atom stereocenters. The highest BCUT2D eigenvalue weighted by Crippen LogP contribution is 2.26. The van der Waals surface area contributed by atoms with Crippen LogP contribution in [0.1, 0.15) is 28.8 Å². The number of aryl methyl sites for hydroxylation is 1. The van der Waals surface area contributed by atoms with Gasteiger partial charge in [-0.1, -0.05) is 18.2 Å². The molecule has 1 aliphatic rings. The first-order valence-electron chi connectivity index (χ1n) is 10.4. The van der Waals surface area contributed by atoms with Crippen LogP contribution in [-0.4, -0.2) is 27.4 Å². The van der Waals surface area contributed by atoms with E-state index in [1.165, 1.54) is 30.3 Å². The molecule has 6 nitrogen and oxygen atoms in total. The second kappa shape index (κ2) is 9.00. The zero-order chi connectivity index (χ0) is 22.7. The molecule has 1 heterocycles. The number of rotatable bonds is 6. The maximum Gasteiger partial charge on any atom is 0.261 e. The summed E-state index contributed by atoms with van der Waals surface area (Å²) in [6.07, 6.45) is 2.09. The lowest BCUT2D eigenvalue weighted by atomic mass is 10.2. The van der Waals surface area contributed by atoms with E-state index in [4.69, 9.17) is 0 Å². The Balaban J connectivity index is 1.45. The maximum absolute atomic E-state index is 14.5. The fraction of sp³-hybridized carbons (Fsp3) is 0.208. The summed E-state index contributed by atoms with van der Waals surface area (Å²) >= 11 is 0. The van der Waals surface area contributed by atoms with Gasteiger partial charge in [-0.05, 0) is 73.9 Å². The van der Waals surface area contributed by atoms with Crippen molar-refractivity contribution in [1.29, 1.82) is 0 Å². The number of nitrogens with zero attached hydrogens (tertiary/aromatic N) is 1. The number of halogens is 1. The molecule has 1 fully saturated rings. The van der Waals surface area contributed by atoms with E-state index < -0.39 is 15.9 Å². The van der Waals surface area contributed by atoms with Gasteiger partial charge in [0.2, 0.25) is 0 Å². The molecule has 0 unspecified atom stereocenters. The molecule has 3 aromatic rings. The molecule has 1 amide bonds. The average Bonchev–Trinajstić information content (AvgIpc) is 3.30. The van der Waals surface area contributed by atoms with Gasteiger partial charge in [0, 0.05) is 24.3 Å². The highest BCUT2D eigenvalue weighted by molar-refractivity contribution is 7.92. The predicted octanol–water partition coefficient (Wildman–Crippen LogP) is 4.79. The number of carbonyl (C=O) groups is 1. The SMILES string of the molecule is Cc1ccccc1NS(=O)(=O)c1ccc(C(=O)Nc2ccc(N3CCCC3)c(F)c2)cc1. The number of hydrogen-bond acceptors (Lipinski definition) is 4. The van der Waals surface area contributed by atoms with E-state index in [9.17, 15) is 17.6 Å². The molecule has 0 radical (unpaired) electrons. The monoisotopic (exact) mass is 453 g/mol. The van der Waals surface area contributed by atoms with Crippen molar-refractivity contribution in [3.8, 4) is 0 Å². The highest BCUT2D eigenvalue weighted by atomic mass is 32.2. The van der Waals surface area contributed by atoms with Gasteiger partial charge in [-0.3, -0.25) is 9.52 Å². The Morgan fingerprint density at radius 2 is 1.66 bits per heavy atom. The normalized spacial score (nSPS) is 13.8. The van der Waals surface area contributed by atoms with Gasteiger partial charge in [-0.15, -0.1) is 0 Å². The molecule has 166 valence electrons. The Labute approximate surface area is 187 Å². The van der Waals surface area contributed by atoms with Gasteiger partial charge in [-0.2, -0.15) is 0 Å². The lowest BCUT2D eigenvalue weighted by Crippen LogP contribution is -2.19. The summed E-state index contributed by atoms with van der Waals surface area (Å²) in [4.78, 5) is 14.6. The van der Waals surface area contributed by atoms with E-state index in [0.29, 0.717) is 17.1 Å². The minimum atomic E-state index is -3.79. The van der Waals surface area contributed by atoms with Crippen LogP contribution < -0.4 is 14.9 Å². The second-order valence-corrected chi connectivity index (χ2v) is 9.44. The zero-order valence-corrected chi connectivity index (χ0v) is 18.5. The maximum atomic E-state index is 14.5. The molecule has 0 aliphatic carbocycles. The van der Waals surface area contributed by atoms with Crippen molar-refractivity contribution in [3.63, 3.8) is 0 Å². The quantitative estimate of drug-likeness (QED) is 0.563. The fourth-order valence-corrected chi connectivity index (χ4v) is 4.81. The summed E-state index contributed by atoms with van der Waals surface area (Å²) in [6, 6.07) is 17.3. The van der Waals surface area contributed by atoms with Gasteiger partial charge in [0.15, 0.2) is 0 Å². The van der Waals surface area contributed by atoms with E-state index in [1.54, 1.807) is 24.3 Å². The predicted molar refractivity (Wildman–Crippen MR) is 124 cm³/mol. The number of amides is 1. The summed E-state index contributed by atoms with van der Waals surface area (Å²) in [5.74, 6) is -0.831.